The topological polar surface area (TPSA) is 7.76 Å². The molecule has 2 heterocycles. The van der Waals surface area contributed by atoms with Gasteiger partial charge in [-0.3, -0.25) is 0 Å². The van der Waals surface area contributed by atoms with Gasteiger partial charge in [0.05, 0.1) is 0 Å². The average molecular weight is 296 g/mol. The maximum Gasteiger partial charge on any atom is 0.169 e. The molecule has 22 heavy (non-hydrogen) atoms. The predicted molar refractivity (Wildman–Crippen MR) is 89.1 cm³/mol. The molecular formula is C20H28N2+2. The summed E-state index contributed by atoms with van der Waals surface area (Å²) in [5, 5.41) is 0. The number of hydrogen-bond acceptors (Lipinski definition) is 0. The molecule has 1 aliphatic rings. The number of unbranched alkanes of at least 4 members (excludes halogenated alkanes) is 1. The lowest BCUT2D eigenvalue weighted by atomic mass is 10.0. The summed E-state index contributed by atoms with van der Waals surface area (Å²) in [6.45, 7) is 1.15. The van der Waals surface area contributed by atoms with Crippen molar-refractivity contribution in [2.45, 2.75) is 51.5 Å². The summed E-state index contributed by atoms with van der Waals surface area (Å²) in [5.41, 5.74) is 2.58. The van der Waals surface area contributed by atoms with Crippen molar-refractivity contribution in [3.8, 4) is 11.1 Å². The maximum absolute atomic E-state index is 2.32. The van der Waals surface area contributed by atoms with Gasteiger partial charge in [0.2, 0.25) is 0 Å². The molecule has 2 nitrogen and oxygen atoms in total. The molecule has 0 atom stereocenters. The van der Waals surface area contributed by atoms with Crippen molar-refractivity contribution >= 4 is 0 Å². The lowest BCUT2D eigenvalue weighted by Gasteiger charge is -2.06. The van der Waals surface area contributed by atoms with Gasteiger partial charge in [0, 0.05) is 30.7 Å². The zero-order chi connectivity index (χ0) is 15.2. The Hall–Kier alpha value is -1.70. The second kappa shape index (κ2) is 7.53. The molecule has 2 aromatic heterocycles. The first kappa shape index (κ1) is 15.2. The fourth-order valence-electron chi connectivity index (χ4n) is 3.52. The Kier molecular flexibility index (Phi) is 5.20. The minimum Gasteiger partial charge on any atom is -0.208 e. The number of hydrogen-bond donors (Lipinski definition) is 0. The minimum absolute atomic E-state index is 1.03. The van der Waals surface area contributed by atoms with Gasteiger partial charge in [0.1, 0.15) is 13.6 Å². The van der Waals surface area contributed by atoms with Crippen LogP contribution in [0.1, 0.15) is 44.9 Å². The molecule has 1 saturated carbocycles. The molecule has 0 unspecified atom stereocenters. The maximum atomic E-state index is 2.32. The lowest BCUT2D eigenvalue weighted by molar-refractivity contribution is -0.697. The van der Waals surface area contributed by atoms with Gasteiger partial charge in [0.25, 0.3) is 0 Å². The molecule has 0 saturated heterocycles. The summed E-state index contributed by atoms with van der Waals surface area (Å²) in [7, 11) is 2.05. The third kappa shape index (κ3) is 4.16. The van der Waals surface area contributed by atoms with Crippen LogP contribution >= 0.6 is 0 Å². The molecule has 0 N–H and O–H groups in total. The molecule has 2 aromatic rings. The van der Waals surface area contributed by atoms with Crippen molar-refractivity contribution in [1.82, 2.24) is 0 Å². The van der Waals surface area contributed by atoms with Crippen LogP contribution in [0.5, 0.6) is 0 Å². The van der Waals surface area contributed by atoms with Crippen LogP contribution < -0.4 is 9.13 Å². The summed E-state index contributed by atoms with van der Waals surface area (Å²) in [5.74, 6) is 1.03. The third-order valence-electron chi connectivity index (χ3n) is 4.96. The first-order valence-electron chi connectivity index (χ1n) is 8.76. The molecular weight excluding hydrogens is 268 g/mol. The quantitative estimate of drug-likeness (QED) is 0.565. The monoisotopic (exact) mass is 296 g/mol. The summed E-state index contributed by atoms with van der Waals surface area (Å²) < 4.78 is 4.39. The molecule has 0 aliphatic heterocycles. The Labute approximate surface area is 134 Å². The van der Waals surface area contributed by atoms with E-state index in [1.807, 2.05) is 7.05 Å². The van der Waals surface area contributed by atoms with E-state index >= 15 is 0 Å². The third-order valence-corrected chi connectivity index (χ3v) is 4.96. The van der Waals surface area contributed by atoms with Crippen LogP contribution in [0, 0.1) is 5.92 Å². The predicted octanol–water partition coefficient (Wildman–Crippen LogP) is 3.83. The average Bonchev–Trinajstić information content (AvgIpc) is 3.06. The second-order valence-corrected chi connectivity index (χ2v) is 6.72. The minimum atomic E-state index is 1.03. The van der Waals surface area contributed by atoms with Crippen molar-refractivity contribution in [3.63, 3.8) is 0 Å². The number of aromatic nitrogens is 2. The highest BCUT2D eigenvalue weighted by Gasteiger charge is 2.14. The summed E-state index contributed by atoms with van der Waals surface area (Å²) in [4.78, 5) is 0. The van der Waals surface area contributed by atoms with Crippen LogP contribution in [0.3, 0.4) is 0 Å². The Morgan fingerprint density at radius 1 is 0.864 bits per heavy atom. The smallest absolute Gasteiger partial charge is 0.169 e. The van der Waals surface area contributed by atoms with Gasteiger partial charge in [-0.05, 0) is 23.5 Å². The zero-order valence-corrected chi connectivity index (χ0v) is 13.7. The Balaban J connectivity index is 1.47. The number of aryl methyl sites for hydroxylation is 2. The van der Waals surface area contributed by atoms with Gasteiger partial charge in [-0.15, -0.1) is 0 Å². The zero-order valence-electron chi connectivity index (χ0n) is 13.7. The largest absolute Gasteiger partial charge is 0.208 e. The highest BCUT2D eigenvalue weighted by Crippen LogP contribution is 2.28. The van der Waals surface area contributed by atoms with E-state index in [4.69, 9.17) is 0 Å². The van der Waals surface area contributed by atoms with Gasteiger partial charge in [-0.25, -0.2) is 9.13 Å². The van der Waals surface area contributed by atoms with Gasteiger partial charge in [-0.1, -0.05) is 32.1 Å². The molecule has 0 spiro atoms. The van der Waals surface area contributed by atoms with E-state index in [1.54, 1.807) is 0 Å². The van der Waals surface area contributed by atoms with Gasteiger partial charge in [0.15, 0.2) is 24.8 Å². The summed E-state index contributed by atoms with van der Waals surface area (Å²) in [6, 6.07) is 8.79. The first-order valence-corrected chi connectivity index (χ1v) is 8.76. The fourth-order valence-corrected chi connectivity index (χ4v) is 3.52. The van der Waals surface area contributed by atoms with E-state index in [0.717, 1.165) is 12.5 Å². The van der Waals surface area contributed by atoms with Crippen LogP contribution in [0.15, 0.2) is 49.1 Å². The van der Waals surface area contributed by atoms with E-state index in [1.165, 1.54) is 56.1 Å². The van der Waals surface area contributed by atoms with Crippen LogP contribution in [0.25, 0.3) is 11.1 Å². The standard InChI is InChI=1S/C20H28N2/c1-21-14-9-19(10-15-21)20-11-16-22(17-12-20)13-5-4-8-18-6-2-3-7-18/h9-12,14-18H,2-8,13H2,1H3/q+2. The molecule has 2 heteroatoms. The Morgan fingerprint density at radius 3 is 2.09 bits per heavy atom. The van der Waals surface area contributed by atoms with E-state index in [0.29, 0.717) is 0 Å². The van der Waals surface area contributed by atoms with Gasteiger partial charge in [-0.2, -0.15) is 0 Å². The molecule has 1 fully saturated rings. The molecule has 0 amide bonds. The Bertz CT molecular complexity index is 566. The molecule has 3 rings (SSSR count). The van der Waals surface area contributed by atoms with Crippen molar-refractivity contribution in [2.24, 2.45) is 13.0 Å². The molecule has 116 valence electrons. The van der Waals surface area contributed by atoms with Crippen molar-refractivity contribution in [2.75, 3.05) is 0 Å². The number of pyridine rings is 2. The van der Waals surface area contributed by atoms with Crippen LogP contribution in [-0.2, 0) is 13.6 Å². The van der Waals surface area contributed by atoms with Crippen LogP contribution in [0.4, 0.5) is 0 Å². The highest BCUT2D eigenvalue weighted by molar-refractivity contribution is 5.60. The molecule has 0 aromatic carbocycles. The van der Waals surface area contributed by atoms with E-state index in [9.17, 15) is 0 Å². The fraction of sp³-hybridized carbons (Fsp3) is 0.500. The second-order valence-electron chi connectivity index (χ2n) is 6.72. The molecule has 0 radical (unpaired) electrons. The summed E-state index contributed by atoms with van der Waals surface area (Å²) in [6.07, 6.45) is 18.7. The van der Waals surface area contributed by atoms with E-state index in [2.05, 4.69) is 58.2 Å². The SMILES string of the molecule is C[n+]1ccc(-c2cc[n+](CCCCC3CCCC3)cc2)cc1. The normalized spacial score (nSPS) is 15.3. The van der Waals surface area contributed by atoms with Gasteiger partial charge >= 0.3 is 0 Å². The number of nitrogens with zero attached hydrogens (tertiary/aromatic N) is 2. The number of rotatable bonds is 6. The van der Waals surface area contributed by atoms with E-state index < -0.39 is 0 Å². The van der Waals surface area contributed by atoms with Crippen LogP contribution in [-0.4, -0.2) is 0 Å². The first-order chi connectivity index (χ1) is 10.8. The van der Waals surface area contributed by atoms with Crippen molar-refractivity contribution in [1.29, 1.82) is 0 Å². The van der Waals surface area contributed by atoms with E-state index in [-0.39, 0.29) is 0 Å². The van der Waals surface area contributed by atoms with Crippen LogP contribution in [0.2, 0.25) is 0 Å². The van der Waals surface area contributed by atoms with Crippen molar-refractivity contribution in [3.05, 3.63) is 49.1 Å². The lowest BCUT2D eigenvalue weighted by Crippen LogP contribution is -2.32. The van der Waals surface area contributed by atoms with Crippen molar-refractivity contribution < 1.29 is 9.13 Å². The molecule has 1 aliphatic carbocycles. The van der Waals surface area contributed by atoms with Gasteiger partial charge < -0.3 is 0 Å². The molecule has 0 bridgehead atoms. The summed E-state index contributed by atoms with van der Waals surface area (Å²) >= 11 is 0. The highest BCUT2D eigenvalue weighted by atomic mass is 14.9. The Morgan fingerprint density at radius 2 is 1.45 bits per heavy atom.